The van der Waals surface area contributed by atoms with Crippen molar-refractivity contribution < 1.29 is 9.18 Å². The van der Waals surface area contributed by atoms with Crippen LogP contribution in [0.3, 0.4) is 0 Å². The van der Waals surface area contributed by atoms with Gasteiger partial charge in [0.05, 0.1) is 23.1 Å². The molecule has 0 atom stereocenters. The van der Waals surface area contributed by atoms with Crippen LogP contribution in [0.2, 0.25) is 0 Å². The van der Waals surface area contributed by atoms with Crippen molar-refractivity contribution in [2.24, 2.45) is 5.92 Å². The lowest BCUT2D eigenvalue weighted by molar-refractivity contribution is -0.120. The van der Waals surface area contributed by atoms with E-state index in [0.29, 0.717) is 45.1 Å². The summed E-state index contributed by atoms with van der Waals surface area (Å²) < 4.78 is 17.1. The second kappa shape index (κ2) is 9.67. The third-order valence-electron chi connectivity index (χ3n) is 7.50. The number of amides is 1. The van der Waals surface area contributed by atoms with E-state index < -0.39 is 5.82 Å². The van der Waals surface area contributed by atoms with Gasteiger partial charge in [0, 0.05) is 35.5 Å². The van der Waals surface area contributed by atoms with Crippen LogP contribution in [0.5, 0.6) is 0 Å². The first-order valence-corrected chi connectivity index (χ1v) is 13.3. The second-order valence-corrected chi connectivity index (χ2v) is 10.3. The number of nitrogens with zero attached hydrogens (tertiary/aromatic N) is 6. The lowest BCUT2D eigenvalue weighted by atomic mass is 9.88. The Labute approximate surface area is 228 Å². The molecule has 1 fully saturated rings. The summed E-state index contributed by atoms with van der Waals surface area (Å²) in [5.41, 5.74) is 4.93. The van der Waals surface area contributed by atoms with Crippen LogP contribution in [0.25, 0.3) is 50.4 Å². The Morgan fingerprint density at radius 2 is 1.95 bits per heavy atom. The Morgan fingerprint density at radius 3 is 2.77 bits per heavy atom. The molecule has 200 valence electrons. The number of H-pyrrole nitrogens is 2. The van der Waals surface area contributed by atoms with Crippen molar-refractivity contribution in [1.82, 2.24) is 39.7 Å². The van der Waals surface area contributed by atoms with Crippen molar-refractivity contribution >= 4 is 33.5 Å². The zero-order valence-electron chi connectivity index (χ0n) is 21.8. The zero-order chi connectivity index (χ0) is 27.2. The molecule has 1 saturated carbocycles. The van der Waals surface area contributed by atoms with E-state index in [1.54, 1.807) is 24.9 Å². The first kappa shape index (κ1) is 24.1. The van der Waals surface area contributed by atoms with E-state index in [1.807, 2.05) is 35.9 Å². The van der Waals surface area contributed by atoms with E-state index in [4.69, 9.17) is 4.98 Å². The van der Waals surface area contributed by atoms with Crippen LogP contribution in [0.1, 0.15) is 37.8 Å². The molecule has 1 amide bonds. The van der Waals surface area contributed by atoms with Gasteiger partial charge in [-0.2, -0.15) is 5.10 Å². The quantitative estimate of drug-likeness (QED) is 0.259. The maximum absolute atomic E-state index is 15.3. The van der Waals surface area contributed by atoms with Crippen LogP contribution < -0.4 is 5.32 Å². The molecule has 5 heterocycles. The highest BCUT2D eigenvalue weighted by atomic mass is 19.1. The number of rotatable bonds is 5. The summed E-state index contributed by atoms with van der Waals surface area (Å²) in [6.07, 6.45) is 13.7. The predicted octanol–water partition coefficient (Wildman–Crippen LogP) is 5.72. The summed E-state index contributed by atoms with van der Waals surface area (Å²) in [5.74, 6) is 0.708. The van der Waals surface area contributed by atoms with Crippen molar-refractivity contribution in [1.29, 1.82) is 0 Å². The summed E-state index contributed by atoms with van der Waals surface area (Å²) in [7, 11) is 0. The molecule has 0 saturated heterocycles. The molecule has 0 spiro atoms. The molecule has 1 aromatic carbocycles. The molecule has 0 radical (unpaired) electrons. The molecule has 3 N–H and O–H groups in total. The molecule has 0 unspecified atom stereocenters. The van der Waals surface area contributed by atoms with Gasteiger partial charge in [-0.3, -0.25) is 19.4 Å². The standard InChI is InChI=1S/C29H26FN9O/c1-16-14-39(15-33-16)28-26-23(7-8-32-28)35-27(36-26)25-21-10-18(11-22(30)24(21)37-38-25)19-9-20(13-31-12-19)34-29(40)17-5-3-2-4-6-17/h7-15,17H,2-6H2,1H3,(H,34,40)(H,35,36)(H,37,38). The maximum atomic E-state index is 15.3. The van der Waals surface area contributed by atoms with Crippen molar-refractivity contribution in [3.8, 4) is 28.5 Å². The van der Waals surface area contributed by atoms with Crippen LogP contribution in [-0.2, 0) is 4.79 Å². The Hall–Kier alpha value is -4.93. The van der Waals surface area contributed by atoms with E-state index in [2.05, 4.69) is 35.5 Å². The van der Waals surface area contributed by atoms with Crippen molar-refractivity contribution in [3.05, 3.63) is 66.9 Å². The minimum atomic E-state index is -0.473. The van der Waals surface area contributed by atoms with Gasteiger partial charge >= 0.3 is 0 Å². The largest absolute Gasteiger partial charge is 0.336 e. The van der Waals surface area contributed by atoms with Crippen LogP contribution in [-0.4, -0.2) is 45.6 Å². The summed E-state index contributed by atoms with van der Waals surface area (Å²) in [5, 5.41) is 10.7. The Morgan fingerprint density at radius 1 is 1.07 bits per heavy atom. The van der Waals surface area contributed by atoms with E-state index in [1.165, 1.54) is 12.5 Å². The molecule has 1 aliphatic rings. The molecule has 0 bridgehead atoms. The number of carbonyl (C=O) groups excluding carboxylic acids is 1. The maximum Gasteiger partial charge on any atom is 0.227 e. The fraction of sp³-hybridized carbons (Fsp3) is 0.241. The van der Waals surface area contributed by atoms with E-state index in [0.717, 1.165) is 36.9 Å². The van der Waals surface area contributed by atoms with Crippen LogP contribution >= 0.6 is 0 Å². The van der Waals surface area contributed by atoms with Gasteiger partial charge in [0.1, 0.15) is 23.1 Å². The van der Waals surface area contributed by atoms with E-state index in [9.17, 15) is 4.79 Å². The highest BCUT2D eigenvalue weighted by molar-refractivity contribution is 5.97. The van der Waals surface area contributed by atoms with Crippen LogP contribution in [0.4, 0.5) is 10.1 Å². The van der Waals surface area contributed by atoms with E-state index in [-0.39, 0.29) is 17.3 Å². The van der Waals surface area contributed by atoms with Crippen LogP contribution in [0, 0.1) is 18.7 Å². The fourth-order valence-corrected chi connectivity index (χ4v) is 5.46. The number of aromatic nitrogens is 8. The number of aromatic amines is 2. The summed E-state index contributed by atoms with van der Waals surface area (Å²) in [4.78, 5) is 34.0. The second-order valence-electron chi connectivity index (χ2n) is 10.3. The Balaban J connectivity index is 1.25. The van der Waals surface area contributed by atoms with Gasteiger partial charge in [-0.05, 0) is 49.6 Å². The summed E-state index contributed by atoms with van der Waals surface area (Å²) >= 11 is 0. The van der Waals surface area contributed by atoms with Gasteiger partial charge in [-0.25, -0.2) is 19.3 Å². The average Bonchev–Trinajstić information content (AvgIpc) is 3.71. The van der Waals surface area contributed by atoms with Crippen LogP contribution in [0.15, 0.2) is 55.4 Å². The number of fused-ring (bicyclic) bond motifs is 2. The molecular weight excluding hydrogens is 509 g/mol. The lowest BCUT2D eigenvalue weighted by Crippen LogP contribution is -2.24. The lowest BCUT2D eigenvalue weighted by Gasteiger charge is -2.20. The minimum absolute atomic E-state index is 0.0157. The van der Waals surface area contributed by atoms with Gasteiger partial charge in [-0.15, -0.1) is 0 Å². The number of nitrogens with one attached hydrogen (secondary N) is 3. The molecule has 6 aromatic rings. The first-order valence-electron chi connectivity index (χ1n) is 13.3. The molecular formula is C29H26FN9O. The predicted molar refractivity (Wildman–Crippen MR) is 149 cm³/mol. The summed E-state index contributed by atoms with van der Waals surface area (Å²) in [6.45, 7) is 1.91. The van der Waals surface area contributed by atoms with Gasteiger partial charge < -0.3 is 10.3 Å². The summed E-state index contributed by atoms with van der Waals surface area (Å²) in [6, 6.07) is 6.94. The van der Waals surface area contributed by atoms with Crippen molar-refractivity contribution in [2.75, 3.05) is 5.32 Å². The van der Waals surface area contributed by atoms with Crippen molar-refractivity contribution in [2.45, 2.75) is 39.0 Å². The highest BCUT2D eigenvalue weighted by Crippen LogP contribution is 2.33. The zero-order valence-corrected chi connectivity index (χ0v) is 21.8. The Bertz CT molecular complexity index is 1880. The molecule has 7 rings (SSSR count). The monoisotopic (exact) mass is 535 g/mol. The van der Waals surface area contributed by atoms with Crippen molar-refractivity contribution in [3.63, 3.8) is 0 Å². The number of pyridine rings is 2. The molecule has 40 heavy (non-hydrogen) atoms. The number of carbonyl (C=O) groups is 1. The average molecular weight is 536 g/mol. The van der Waals surface area contributed by atoms with E-state index >= 15 is 4.39 Å². The van der Waals surface area contributed by atoms with Gasteiger partial charge in [-0.1, -0.05) is 19.3 Å². The molecule has 5 aromatic heterocycles. The number of imidazole rings is 2. The smallest absolute Gasteiger partial charge is 0.227 e. The fourth-order valence-electron chi connectivity index (χ4n) is 5.46. The molecule has 11 heteroatoms. The molecule has 0 aliphatic heterocycles. The number of hydrogen-bond acceptors (Lipinski definition) is 6. The third kappa shape index (κ3) is 4.29. The topological polar surface area (TPSA) is 130 Å². The number of hydrogen-bond donors (Lipinski definition) is 3. The SMILES string of the molecule is Cc1cn(-c2nccc3[nH]c(-c4[nH]nc5c(F)cc(-c6cncc(NC(=O)C7CCCCC7)c6)cc45)nc23)cn1. The first-order chi connectivity index (χ1) is 19.5. The number of halogens is 1. The number of benzene rings is 1. The van der Waals surface area contributed by atoms with Gasteiger partial charge in [0.2, 0.25) is 5.91 Å². The Kier molecular flexibility index (Phi) is 5.84. The van der Waals surface area contributed by atoms with Gasteiger partial charge in [0.25, 0.3) is 0 Å². The van der Waals surface area contributed by atoms with Gasteiger partial charge in [0.15, 0.2) is 17.5 Å². The number of aryl methyl sites for hydroxylation is 1. The highest BCUT2D eigenvalue weighted by Gasteiger charge is 2.22. The number of anilines is 1. The normalized spacial score (nSPS) is 14.2. The minimum Gasteiger partial charge on any atom is -0.336 e. The third-order valence-corrected chi connectivity index (χ3v) is 7.50. The molecule has 10 nitrogen and oxygen atoms in total. The molecule has 1 aliphatic carbocycles.